The van der Waals surface area contributed by atoms with Crippen molar-refractivity contribution in [2.45, 2.75) is 18.9 Å². The average Bonchev–Trinajstić information content (AvgIpc) is 3.03. The standard InChI is InChI=1S/C16H21Cl2N3O2/c1-19-7-9-20(2)16(23)14-4-3-8-21(14)15(22)11-5-6-12(17)13(18)10-11/h5-6,10,14,19H,3-4,7-9H2,1-2H3. The number of likely N-dealkylation sites (tertiary alicyclic amines) is 1. The Labute approximate surface area is 146 Å². The first-order chi connectivity index (χ1) is 11.0. The van der Waals surface area contributed by atoms with Crippen LogP contribution in [0.25, 0.3) is 0 Å². The molecular weight excluding hydrogens is 337 g/mol. The van der Waals surface area contributed by atoms with Crippen LogP contribution >= 0.6 is 23.2 Å². The van der Waals surface area contributed by atoms with Gasteiger partial charge in [0.25, 0.3) is 5.91 Å². The lowest BCUT2D eigenvalue weighted by molar-refractivity contribution is -0.133. The van der Waals surface area contributed by atoms with Gasteiger partial charge in [-0.2, -0.15) is 0 Å². The Morgan fingerprint density at radius 3 is 2.74 bits per heavy atom. The maximum Gasteiger partial charge on any atom is 0.254 e. The monoisotopic (exact) mass is 357 g/mol. The Balaban J connectivity index is 2.12. The third-order valence-corrected chi connectivity index (χ3v) is 4.78. The molecule has 1 atom stereocenters. The molecule has 1 aromatic rings. The molecule has 0 saturated carbocycles. The van der Waals surface area contributed by atoms with Gasteiger partial charge in [-0.15, -0.1) is 0 Å². The molecule has 2 amide bonds. The van der Waals surface area contributed by atoms with Gasteiger partial charge in [0.1, 0.15) is 6.04 Å². The molecule has 0 spiro atoms. The molecule has 5 nitrogen and oxygen atoms in total. The van der Waals surface area contributed by atoms with Gasteiger partial charge in [0.15, 0.2) is 0 Å². The lowest BCUT2D eigenvalue weighted by Gasteiger charge is -2.28. The van der Waals surface area contributed by atoms with Crippen molar-refractivity contribution >= 4 is 35.0 Å². The van der Waals surface area contributed by atoms with Gasteiger partial charge in [-0.3, -0.25) is 9.59 Å². The van der Waals surface area contributed by atoms with Gasteiger partial charge < -0.3 is 15.1 Å². The molecule has 7 heteroatoms. The van der Waals surface area contributed by atoms with Crippen molar-refractivity contribution in [3.63, 3.8) is 0 Å². The number of nitrogens with zero attached hydrogens (tertiary/aromatic N) is 2. The van der Waals surface area contributed by atoms with Crippen LogP contribution in [0.2, 0.25) is 10.0 Å². The highest BCUT2D eigenvalue weighted by Crippen LogP contribution is 2.26. The Morgan fingerprint density at radius 1 is 1.35 bits per heavy atom. The van der Waals surface area contributed by atoms with E-state index in [1.807, 2.05) is 7.05 Å². The van der Waals surface area contributed by atoms with Gasteiger partial charge in [-0.05, 0) is 38.1 Å². The second kappa shape index (κ2) is 7.99. The van der Waals surface area contributed by atoms with Crippen LogP contribution in [0.15, 0.2) is 18.2 Å². The van der Waals surface area contributed by atoms with Crippen LogP contribution in [-0.4, -0.2) is 61.4 Å². The maximum atomic E-state index is 12.7. The summed E-state index contributed by atoms with van der Waals surface area (Å²) in [7, 11) is 3.60. The van der Waals surface area contributed by atoms with Gasteiger partial charge in [0, 0.05) is 32.2 Å². The lowest BCUT2D eigenvalue weighted by atomic mass is 10.1. The molecule has 1 fully saturated rings. The first kappa shape index (κ1) is 18.0. The Hall–Kier alpha value is -1.30. The van der Waals surface area contributed by atoms with Crippen LogP contribution < -0.4 is 5.32 Å². The van der Waals surface area contributed by atoms with Crippen LogP contribution in [-0.2, 0) is 4.79 Å². The van der Waals surface area contributed by atoms with Crippen molar-refractivity contribution in [1.29, 1.82) is 0 Å². The van der Waals surface area contributed by atoms with Crippen LogP contribution in [0, 0.1) is 0 Å². The van der Waals surface area contributed by atoms with Crippen molar-refractivity contribution in [3.8, 4) is 0 Å². The summed E-state index contributed by atoms with van der Waals surface area (Å²) in [5.74, 6) is -0.201. The minimum atomic E-state index is -0.404. The van der Waals surface area contributed by atoms with E-state index in [9.17, 15) is 9.59 Å². The molecule has 2 rings (SSSR count). The fourth-order valence-electron chi connectivity index (χ4n) is 2.71. The Bertz CT molecular complexity index is 595. The molecule has 1 N–H and O–H groups in total. The minimum absolute atomic E-state index is 0.0221. The number of hydrogen-bond acceptors (Lipinski definition) is 3. The number of rotatable bonds is 5. The van der Waals surface area contributed by atoms with Gasteiger partial charge in [0.05, 0.1) is 10.0 Å². The summed E-state index contributed by atoms with van der Waals surface area (Å²) in [4.78, 5) is 28.6. The molecule has 1 aliphatic heterocycles. The first-order valence-electron chi connectivity index (χ1n) is 7.61. The predicted molar refractivity (Wildman–Crippen MR) is 92.1 cm³/mol. The zero-order valence-electron chi connectivity index (χ0n) is 13.3. The second-order valence-corrected chi connectivity index (χ2v) is 6.46. The number of nitrogens with one attached hydrogen (secondary N) is 1. The molecule has 1 heterocycles. The number of amides is 2. The summed E-state index contributed by atoms with van der Waals surface area (Å²) in [6.07, 6.45) is 1.51. The summed E-state index contributed by atoms with van der Waals surface area (Å²) in [6, 6.07) is 4.39. The van der Waals surface area contributed by atoms with E-state index in [0.29, 0.717) is 35.1 Å². The average molecular weight is 358 g/mol. The van der Waals surface area contributed by atoms with E-state index >= 15 is 0 Å². The first-order valence-corrected chi connectivity index (χ1v) is 8.37. The molecule has 0 radical (unpaired) electrons. The molecular formula is C16H21Cl2N3O2. The summed E-state index contributed by atoms with van der Waals surface area (Å²) in [5, 5.41) is 3.76. The molecule has 0 aliphatic carbocycles. The number of hydrogen-bond donors (Lipinski definition) is 1. The highest BCUT2D eigenvalue weighted by Gasteiger charge is 2.36. The highest BCUT2D eigenvalue weighted by atomic mass is 35.5. The van der Waals surface area contributed by atoms with Gasteiger partial charge in [0.2, 0.25) is 5.91 Å². The predicted octanol–water partition coefficient (Wildman–Crippen LogP) is 2.28. The molecule has 1 aromatic carbocycles. The van der Waals surface area contributed by atoms with Gasteiger partial charge in [-0.25, -0.2) is 0 Å². The van der Waals surface area contributed by atoms with E-state index < -0.39 is 6.04 Å². The van der Waals surface area contributed by atoms with Crippen molar-refractivity contribution < 1.29 is 9.59 Å². The fourth-order valence-corrected chi connectivity index (χ4v) is 3.00. The van der Waals surface area contributed by atoms with Crippen LogP contribution in [0.4, 0.5) is 0 Å². The fraction of sp³-hybridized carbons (Fsp3) is 0.500. The Kier molecular flexibility index (Phi) is 6.27. The number of halogens is 2. The lowest BCUT2D eigenvalue weighted by Crippen LogP contribution is -2.47. The smallest absolute Gasteiger partial charge is 0.254 e. The van der Waals surface area contributed by atoms with Crippen molar-refractivity contribution in [3.05, 3.63) is 33.8 Å². The minimum Gasteiger partial charge on any atom is -0.343 e. The summed E-state index contributed by atoms with van der Waals surface area (Å²) < 4.78 is 0. The molecule has 1 saturated heterocycles. The highest BCUT2D eigenvalue weighted by molar-refractivity contribution is 6.42. The van der Waals surface area contributed by atoms with Gasteiger partial charge >= 0.3 is 0 Å². The molecule has 126 valence electrons. The van der Waals surface area contributed by atoms with Crippen molar-refractivity contribution in [2.24, 2.45) is 0 Å². The third kappa shape index (κ3) is 4.16. The normalized spacial score (nSPS) is 17.4. The summed E-state index contributed by atoms with van der Waals surface area (Å²) >= 11 is 11.9. The van der Waals surface area contributed by atoms with E-state index in [-0.39, 0.29) is 11.8 Å². The summed E-state index contributed by atoms with van der Waals surface area (Å²) in [6.45, 7) is 1.91. The van der Waals surface area contributed by atoms with Crippen LogP contribution in [0.3, 0.4) is 0 Å². The second-order valence-electron chi connectivity index (χ2n) is 5.65. The molecule has 0 aromatic heterocycles. The van der Waals surface area contributed by atoms with Crippen molar-refractivity contribution in [2.75, 3.05) is 33.7 Å². The molecule has 1 unspecified atom stereocenters. The van der Waals surface area contributed by atoms with E-state index in [2.05, 4.69) is 5.32 Å². The largest absolute Gasteiger partial charge is 0.343 e. The number of carbonyl (C=O) groups excluding carboxylic acids is 2. The van der Waals surface area contributed by atoms with E-state index in [1.54, 1.807) is 35.0 Å². The van der Waals surface area contributed by atoms with E-state index in [4.69, 9.17) is 23.2 Å². The third-order valence-electron chi connectivity index (χ3n) is 4.04. The summed E-state index contributed by atoms with van der Waals surface area (Å²) in [5.41, 5.74) is 0.456. The molecule has 1 aliphatic rings. The van der Waals surface area contributed by atoms with Gasteiger partial charge in [-0.1, -0.05) is 23.2 Å². The quantitative estimate of drug-likeness (QED) is 0.879. The Morgan fingerprint density at radius 2 is 2.09 bits per heavy atom. The SMILES string of the molecule is CNCCN(C)C(=O)C1CCCN1C(=O)c1ccc(Cl)c(Cl)c1. The maximum absolute atomic E-state index is 12.7. The zero-order valence-corrected chi connectivity index (χ0v) is 14.8. The van der Waals surface area contributed by atoms with Crippen LogP contribution in [0.5, 0.6) is 0 Å². The zero-order chi connectivity index (χ0) is 17.0. The molecule has 23 heavy (non-hydrogen) atoms. The van der Waals surface area contributed by atoms with Crippen molar-refractivity contribution in [1.82, 2.24) is 15.1 Å². The number of benzene rings is 1. The molecule has 0 bridgehead atoms. The number of likely N-dealkylation sites (N-methyl/N-ethyl adjacent to an activating group) is 2. The van der Waals surface area contributed by atoms with E-state index in [1.165, 1.54) is 0 Å². The number of carbonyl (C=O) groups is 2. The van der Waals surface area contributed by atoms with E-state index in [0.717, 1.165) is 13.0 Å². The van der Waals surface area contributed by atoms with Crippen LogP contribution in [0.1, 0.15) is 23.2 Å². The topological polar surface area (TPSA) is 52.7 Å².